The molecule has 0 atom stereocenters. The number of amides is 1. The molecule has 1 amide bonds. The van der Waals surface area contributed by atoms with Gasteiger partial charge in [-0.1, -0.05) is 4.68 Å². The molecule has 1 fully saturated rings. The standard InChI is InChI=1S/C11H13N3O3S.C2HF3O2/c15-10(16)2-4-14-3-1-8(5-12-14)11(17)13-9-6-18-7-9;3-2(4,5)1(6)7/h1,3,5,9H,2,4,6-7H2,(H-,13,15,16,17);(H,6,7). The van der Waals surface area contributed by atoms with Gasteiger partial charge in [0.2, 0.25) is 0 Å². The minimum Gasteiger partial charge on any atom is -0.542 e. The lowest BCUT2D eigenvalue weighted by molar-refractivity contribution is -0.753. The van der Waals surface area contributed by atoms with Crippen LogP contribution in [0, 0.1) is 0 Å². The van der Waals surface area contributed by atoms with Crippen LogP contribution in [0.3, 0.4) is 0 Å². The number of halogens is 3. The first kappa shape index (κ1) is 20.7. The number of nitrogens with one attached hydrogen (secondary N) is 1. The molecule has 1 aromatic heterocycles. The highest BCUT2D eigenvalue weighted by atomic mass is 32.2. The summed E-state index contributed by atoms with van der Waals surface area (Å²) in [6, 6.07) is 1.91. The quantitative estimate of drug-likeness (QED) is 0.626. The summed E-state index contributed by atoms with van der Waals surface area (Å²) in [5.74, 6) is -2.07. The van der Waals surface area contributed by atoms with Gasteiger partial charge in [0.25, 0.3) is 5.91 Å². The SMILES string of the molecule is O=C(O)CC[n+]1ccc(C(=O)NC2CSC2)cn1.O=C([O-])C(F)(F)F. The van der Waals surface area contributed by atoms with E-state index < -0.39 is 18.1 Å². The van der Waals surface area contributed by atoms with Crippen LogP contribution in [0.4, 0.5) is 13.2 Å². The van der Waals surface area contributed by atoms with Gasteiger partial charge in [-0.3, -0.25) is 9.59 Å². The van der Waals surface area contributed by atoms with Crippen LogP contribution in [-0.4, -0.2) is 51.8 Å². The molecule has 138 valence electrons. The average molecular weight is 381 g/mol. The predicted octanol–water partition coefficient (Wildman–Crippen LogP) is -1.01. The molecule has 2 N–H and O–H groups in total. The number of thioether (sulfide) groups is 1. The molecule has 0 aliphatic carbocycles. The molecule has 0 unspecified atom stereocenters. The largest absolute Gasteiger partial charge is 0.542 e. The molecule has 2 heterocycles. The number of carbonyl (C=O) groups excluding carboxylic acids is 2. The highest BCUT2D eigenvalue weighted by Crippen LogP contribution is 2.17. The van der Waals surface area contributed by atoms with E-state index in [1.54, 1.807) is 24.0 Å². The van der Waals surface area contributed by atoms with Crippen LogP contribution < -0.4 is 15.1 Å². The fraction of sp³-hybridized carbons (Fsp3) is 0.462. The monoisotopic (exact) mass is 381 g/mol. The molecule has 1 aliphatic heterocycles. The number of hydrogen-bond donors (Lipinski definition) is 2. The fourth-order valence-electron chi connectivity index (χ4n) is 1.45. The lowest BCUT2D eigenvalue weighted by Gasteiger charge is -2.25. The fourth-order valence-corrected chi connectivity index (χ4v) is 2.09. The molecular formula is C13H14F3N3O5S. The maximum atomic E-state index is 11.8. The first-order valence-electron chi connectivity index (χ1n) is 6.84. The van der Waals surface area contributed by atoms with Crippen LogP contribution in [0.25, 0.3) is 0 Å². The number of rotatable bonds is 5. The van der Waals surface area contributed by atoms with E-state index in [4.69, 9.17) is 15.0 Å². The Morgan fingerprint density at radius 3 is 2.36 bits per heavy atom. The number of aryl methyl sites for hydroxylation is 1. The Bertz CT molecular complexity index is 620. The van der Waals surface area contributed by atoms with Crippen molar-refractivity contribution < 1.29 is 42.4 Å². The first-order valence-corrected chi connectivity index (χ1v) is 7.99. The van der Waals surface area contributed by atoms with Crippen LogP contribution in [0.1, 0.15) is 16.8 Å². The second-order valence-electron chi connectivity index (χ2n) is 4.82. The molecule has 2 rings (SSSR count). The number of alkyl halides is 3. The molecule has 8 nitrogen and oxygen atoms in total. The molecule has 25 heavy (non-hydrogen) atoms. The first-order chi connectivity index (χ1) is 11.6. The zero-order valence-corrected chi connectivity index (χ0v) is 13.5. The van der Waals surface area contributed by atoms with Crippen molar-refractivity contribution >= 4 is 29.6 Å². The van der Waals surface area contributed by atoms with Crippen molar-refractivity contribution in [1.82, 2.24) is 10.4 Å². The molecule has 0 saturated carbocycles. The number of carbonyl (C=O) groups is 3. The number of hydrogen-bond acceptors (Lipinski definition) is 6. The van der Waals surface area contributed by atoms with E-state index in [2.05, 4.69) is 10.4 Å². The third kappa shape index (κ3) is 7.83. The number of nitrogens with zero attached hydrogens (tertiary/aromatic N) is 2. The van der Waals surface area contributed by atoms with Crippen molar-refractivity contribution in [3.63, 3.8) is 0 Å². The van der Waals surface area contributed by atoms with Gasteiger partial charge < -0.3 is 20.3 Å². The Morgan fingerprint density at radius 1 is 1.40 bits per heavy atom. The Kier molecular flexibility index (Phi) is 7.61. The lowest BCUT2D eigenvalue weighted by atomic mass is 10.2. The van der Waals surface area contributed by atoms with E-state index in [9.17, 15) is 22.8 Å². The molecule has 0 bridgehead atoms. The number of aromatic nitrogens is 2. The van der Waals surface area contributed by atoms with Gasteiger partial charge in [0, 0.05) is 23.6 Å². The smallest absolute Gasteiger partial charge is 0.430 e. The van der Waals surface area contributed by atoms with Gasteiger partial charge in [0.15, 0.2) is 12.7 Å². The second kappa shape index (κ2) is 9.20. The summed E-state index contributed by atoms with van der Waals surface area (Å²) >= 11 is 1.80. The molecule has 0 radical (unpaired) electrons. The lowest BCUT2D eigenvalue weighted by Crippen LogP contribution is -2.44. The van der Waals surface area contributed by atoms with E-state index in [-0.39, 0.29) is 18.4 Å². The number of aliphatic carboxylic acids is 2. The van der Waals surface area contributed by atoms with Crippen LogP contribution in [-0.2, 0) is 16.1 Å². The van der Waals surface area contributed by atoms with Crippen LogP contribution in [0.15, 0.2) is 18.5 Å². The van der Waals surface area contributed by atoms with Gasteiger partial charge >= 0.3 is 12.1 Å². The molecule has 1 aromatic rings. The molecule has 0 spiro atoms. The maximum absolute atomic E-state index is 11.8. The van der Waals surface area contributed by atoms with Crippen LogP contribution >= 0.6 is 11.8 Å². The predicted molar refractivity (Wildman–Crippen MR) is 76.3 cm³/mol. The van der Waals surface area contributed by atoms with Gasteiger partial charge in [-0.05, 0) is 5.10 Å². The molecule has 12 heteroatoms. The summed E-state index contributed by atoms with van der Waals surface area (Å²) in [6.45, 7) is 0.302. The zero-order chi connectivity index (χ0) is 19.0. The van der Waals surface area contributed by atoms with Crippen molar-refractivity contribution in [3.05, 3.63) is 24.0 Å². The Hall–Kier alpha value is -2.37. The topological polar surface area (TPSA) is 123 Å². The van der Waals surface area contributed by atoms with Gasteiger partial charge in [-0.15, -0.1) is 0 Å². The normalized spacial score (nSPS) is 13.9. The van der Waals surface area contributed by atoms with Crippen molar-refractivity contribution in [3.8, 4) is 0 Å². The average Bonchev–Trinajstić information content (AvgIpc) is 2.49. The van der Waals surface area contributed by atoms with Gasteiger partial charge in [-0.2, -0.15) is 24.9 Å². The van der Waals surface area contributed by atoms with Crippen molar-refractivity contribution in [2.45, 2.75) is 25.2 Å². The number of carboxylic acids is 2. The third-order valence-corrected chi connectivity index (χ3v) is 4.07. The summed E-state index contributed by atoms with van der Waals surface area (Å²) in [4.78, 5) is 30.9. The Morgan fingerprint density at radius 2 is 2.00 bits per heavy atom. The minimum absolute atomic E-state index is 0.0164. The summed E-state index contributed by atoms with van der Waals surface area (Å²) in [5.41, 5.74) is 0.499. The summed E-state index contributed by atoms with van der Waals surface area (Å²) in [6.07, 6.45) is -2.10. The molecule has 1 aliphatic rings. The minimum atomic E-state index is -5.19. The van der Waals surface area contributed by atoms with E-state index in [0.717, 1.165) is 11.5 Å². The third-order valence-electron chi connectivity index (χ3n) is 2.79. The van der Waals surface area contributed by atoms with Crippen molar-refractivity contribution in [1.29, 1.82) is 0 Å². The highest BCUT2D eigenvalue weighted by molar-refractivity contribution is 8.00. The highest BCUT2D eigenvalue weighted by Gasteiger charge is 2.28. The van der Waals surface area contributed by atoms with Crippen LogP contribution in [0.2, 0.25) is 0 Å². The summed E-state index contributed by atoms with van der Waals surface area (Å²) in [5, 5.41) is 24.2. The molecule has 0 aromatic carbocycles. The molecular weight excluding hydrogens is 367 g/mol. The molecule has 1 saturated heterocycles. The van der Waals surface area contributed by atoms with E-state index in [1.807, 2.05) is 0 Å². The Balaban J connectivity index is 0.000000381. The van der Waals surface area contributed by atoms with Gasteiger partial charge in [-0.25, -0.2) is 0 Å². The van der Waals surface area contributed by atoms with Crippen LogP contribution in [0.5, 0.6) is 0 Å². The second-order valence-corrected chi connectivity index (χ2v) is 5.89. The van der Waals surface area contributed by atoms with E-state index in [1.165, 1.54) is 10.9 Å². The van der Waals surface area contributed by atoms with Crippen molar-refractivity contribution in [2.24, 2.45) is 0 Å². The maximum Gasteiger partial charge on any atom is 0.430 e. The van der Waals surface area contributed by atoms with E-state index >= 15 is 0 Å². The summed E-state index contributed by atoms with van der Waals surface area (Å²) in [7, 11) is 0. The number of carboxylic acid groups (broad SMARTS) is 2. The zero-order valence-electron chi connectivity index (χ0n) is 12.7. The van der Waals surface area contributed by atoms with Crippen molar-refractivity contribution in [2.75, 3.05) is 11.5 Å². The van der Waals surface area contributed by atoms with Gasteiger partial charge in [0.1, 0.15) is 18.6 Å². The van der Waals surface area contributed by atoms with Gasteiger partial charge in [0.05, 0.1) is 5.56 Å². The summed E-state index contributed by atoms with van der Waals surface area (Å²) < 4.78 is 33.1. The van der Waals surface area contributed by atoms with E-state index in [0.29, 0.717) is 12.1 Å². The Labute approximate surface area is 144 Å².